The van der Waals surface area contributed by atoms with E-state index in [9.17, 15) is 4.79 Å². The Kier molecular flexibility index (Phi) is 7.63. The number of carbonyl (C=O) groups is 1. The van der Waals surface area contributed by atoms with Crippen molar-refractivity contribution in [3.63, 3.8) is 0 Å². The van der Waals surface area contributed by atoms with E-state index in [4.69, 9.17) is 17.0 Å². The third-order valence-electron chi connectivity index (χ3n) is 6.70. The van der Waals surface area contributed by atoms with Gasteiger partial charge < -0.3 is 10.1 Å². The number of nitrogens with one attached hydrogen (secondary N) is 1. The molecule has 0 spiro atoms. The normalized spacial score (nSPS) is 19.3. The van der Waals surface area contributed by atoms with E-state index in [1.165, 1.54) is 36.1 Å². The Bertz CT molecular complexity index is 1180. The van der Waals surface area contributed by atoms with Crippen LogP contribution in [-0.2, 0) is 15.6 Å². The molecule has 34 heavy (non-hydrogen) atoms. The largest absolute Gasteiger partial charge is 0.493 e. The van der Waals surface area contributed by atoms with Gasteiger partial charge in [0, 0.05) is 5.56 Å². The number of carbonyl (C=O) groups excluding carboxylic acids is 1. The van der Waals surface area contributed by atoms with E-state index in [0.29, 0.717) is 20.4 Å². The summed E-state index contributed by atoms with van der Waals surface area (Å²) >= 11 is 6.25. The number of methoxy groups -OCH3 is 1. The summed E-state index contributed by atoms with van der Waals surface area (Å²) in [6.07, 6.45) is 3.90. The van der Waals surface area contributed by atoms with E-state index in [2.05, 4.69) is 52.1 Å². The van der Waals surface area contributed by atoms with Gasteiger partial charge in [0.1, 0.15) is 4.32 Å². The Morgan fingerprint density at radius 2 is 1.62 bits per heavy atom. The summed E-state index contributed by atoms with van der Waals surface area (Å²) in [7, 11) is 1.49. The van der Waals surface area contributed by atoms with Crippen LogP contribution in [0.25, 0.3) is 17.2 Å². The summed E-state index contributed by atoms with van der Waals surface area (Å²) in [5.74, 6) is -0.506. The molecule has 0 unspecified atom stereocenters. The first-order chi connectivity index (χ1) is 15.9. The van der Waals surface area contributed by atoms with Crippen molar-refractivity contribution in [2.45, 2.75) is 72.1 Å². The second kappa shape index (κ2) is 9.82. The van der Waals surface area contributed by atoms with Gasteiger partial charge in [-0.2, -0.15) is 0 Å². The monoisotopic (exact) mass is 499 g/mol. The lowest BCUT2D eigenvalue weighted by molar-refractivity contribution is -0.115. The molecule has 1 fully saturated rings. The lowest BCUT2D eigenvalue weighted by atomic mass is 9.62. The van der Waals surface area contributed by atoms with Gasteiger partial charge in [-0.05, 0) is 82.7 Å². The molecule has 3 nitrogen and oxygen atoms in total. The van der Waals surface area contributed by atoms with Crippen molar-refractivity contribution in [1.29, 1.82) is 0 Å². The molecule has 2 aliphatic rings. The maximum Gasteiger partial charge on any atom is 0.263 e. The molecule has 1 aliphatic carbocycles. The number of thiocarbonyl (C=S) groups is 1. The SMILES string of the molecule is CC.COc1c(F)cc(/C=C2\SC(=S)NC2=O)cc1-c1cc2c(cc1C)C(C)(C)CCC2(C)C. The number of fused-ring (bicyclic) bond motifs is 1. The third-order valence-corrected chi connectivity index (χ3v) is 7.86. The van der Waals surface area contributed by atoms with Crippen LogP contribution >= 0.6 is 24.0 Å². The summed E-state index contributed by atoms with van der Waals surface area (Å²) < 4.78 is 21.0. The first kappa shape index (κ1) is 26.4. The molecule has 182 valence electrons. The van der Waals surface area contributed by atoms with Gasteiger partial charge in [0.15, 0.2) is 11.6 Å². The van der Waals surface area contributed by atoms with Crippen LogP contribution in [0.3, 0.4) is 0 Å². The van der Waals surface area contributed by atoms with Crippen molar-refractivity contribution in [2.75, 3.05) is 7.11 Å². The van der Waals surface area contributed by atoms with Crippen LogP contribution in [0.2, 0.25) is 0 Å². The minimum absolute atomic E-state index is 0.0347. The minimum Gasteiger partial charge on any atom is -0.493 e. The number of amides is 1. The van der Waals surface area contributed by atoms with Gasteiger partial charge in [-0.1, -0.05) is 71.6 Å². The number of halogens is 1. The number of thioether (sulfide) groups is 1. The summed E-state index contributed by atoms with van der Waals surface area (Å²) in [5.41, 5.74) is 6.10. The molecule has 1 aliphatic heterocycles. The Hall–Kier alpha value is -2.18. The first-order valence-electron chi connectivity index (χ1n) is 11.7. The molecule has 1 heterocycles. The zero-order chi connectivity index (χ0) is 25.4. The van der Waals surface area contributed by atoms with Gasteiger partial charge in [0.2, 0.25) is 0 Å². The molecule has 1 N–H and O–H groups in total. The number of benzene rings is 2. The Labute approximate surface area is 212 Å². The summed E-state index contributed by atoms with van der Waals surface area (Å²) in [6, 6.07) is 7.75. The van der Waals surface area contributed by atoms with Crippen molar-refractivity contribution in [3.8, 4) is 16.9 Å². The maximum absolute atomic E-state index is 15.1. The highest BCUT2D eigenvalue weighted by atomic mass is 32.2. The van der Waals surface area contributed by atoms with Crippen LogP contribution in [0.15, 0.2) is 29.2 Å². The highest BCUT2D eigenvalue weighted by molar-refractivity contribution is 8.26. The van der Waals surface area contributed by atoms with E-state index in [1.54, 1.807) is 6.08 Å². The maximum atomic E-state index is 15.1. The second-order valence-corrected chi connectivity index (χ2v) is 11.6. The fourth-order valence-corrected chi connectivity index (χ4v) is 5.73. The molecule has 0 aromatic heterocycles. The first-order valence-corrected chi connectivity index (χ1v) is 12.9. The summed E-state index contributed by atoms with van der Waals surface area (Å²) in [5, 5.41) is 2.60. The molecule has 1 amide bonds. The van der Waals surface area contributed by atoms with Gasteiger partial charge in [-0.3, -0.25) is 4.79 Å². The van der Waals surface area contributed by atoms with Crippen LogP contribution in [0.4, 0.5) is 4.39 Å². The average molecular weight is 500 g/mol. The van der Waals surface area contributed by atoms with Crippen LogP contribution in [-0.4, -0.2) is 17.3 Å². The van der Waals surface area contributed by atoms with E-state index in [-0.39, 0.29) is 22.5 Å². The van der Waals surface area contributed by atoms with E-state index in [1.807, 2.05) is 19.9 Å². The number of hydrogen-bond acceptors (Lipinski definition) is 4. The zero-order valence-corrected chi connectivity index (χ0v) is 22.9. The minimum atomic E-state index is -0.459. The number of rotatable bonds is 3. The number of hydrogen-bond donors (Lipinski definition) is 1. The predicted octanol–water partition coefficient (Wildman–Crippen LogP) is 7.67. The van der Waals surface area contributed by atoms with E-state index >= 15 is 4.39 Å². The molecule has 6 heteroatoms. The van der Waals surface area contributed by atoms with Crippen molar-refractivity contribution >= 4 is 40.3 Å². The fourth-order valence-electron chi connectivity index (χ4n) is 4.69. The average Bonchev–Trinajstić information content (AvgIpc) is 3.09. The van der Waals surface area contributed by atoms with Gasteiger partial charge in [-0.25, -0.2) is 4.39 Å². The van der Waals surface area contributed by atoms with Gasteiger partial charge in [-0.15, -0.1) is 0 Å². The van der Waals surface area contributed by atoms with Crippen molar-refractivity contribution in [3.05, 3.63) is 57.2 Å². The van der Waals surface area contributed by atoms with Crippen molar-refractivity contribution < 1.29 is 13.9 Å². The fraction of sp³-hybridized carbons (Fsp3) is 0.429. The van der Waals surface area contributed by atoms with E-state index in [0.717, 1.165) is 24.0 Å². The predicted molar refractivity (Wildman–Crippen MR) is 146 cm³/mol. The standard InChI is InChI=1S/C26H28FNO2S2.C2H6/c1-14-9-18-19(26(4,5)8-7-25(18,2)3)13-16(14)17-10-15(11-20(27)22(17)30-6)12-21-23(29)28-24(31)32-21;1-2/h9-13H,7-8H2,1-6H3,(H,28,29,31);1-2H3/b21-12-;. The molecule has 0 bridgehead atoms. The Balaban J connectivity index is 0.00000158. The smallest absolute Gasteiger partial charge is 0.263 e. The molecule has 4 rings (SSSR count). The van der Waals surface area contributed by atoms with Crippen LogP contribution in [0, 0.1) is 12.7 Å². The molecule has 1 saturated heterocycles. The van der Waals surface area contributed by atoms with Crippen molar-refractivity contribution in [1.82, 2.24) is 5.32 Å². The number of ether oxygens (including phenoxy) is 1. The zero-order valence-electron chi connectivity index (χ0n) is 21.3. The molecule has 2 aromatic rings. The highest BCUT2D eigenvalue weighted by Gasteiger charge is 2.37. The van der Waals surface area contributed by atoms with Gasteiger partial charge in [0.05, 0.1) is 12.0 Å². The third kappa shape index (κ3) is 4.94. The molecule has 0 radical (unpaired) electrons. The quantitative estimate of drug-likeness (QED) is 0.347. The summed E-state index contributed by atoms with van der Waals surface area (Å²) in [4.78, 5) is 12.5. The van der Waals surface area contributed by atoms with Crippen LogP contribution < -0.4 is 10.1 Å². The molecular formula is C28H34FNO2S2. The lowest BCUT2D eigenvalue weighted by Gasteiger charge is -2.42. The number of aryl methyl sites for hydroxylation is 1. The summed E-state index contributed by atoms with van der Waals surface area (Å²) in [6.45, 7) is 15.2. The molecule has 0 atom stereocenters. The molecular weight excluding hydrogens is 465 g/mol. The highest BCUT2D eigenvalue weighted by Crippen LogP contribution is 2.48. The molecule has 2 aromatic carbocycles. The topological polar surface area (TPSA) is 38.3 Å². The lowest BCUT2D eigenvalue weighted by Crippen LogP contribution is -2.34. The van der Waals surface area contributed by atoms with Gasteiger partial charge in [0.25, 0.3) is 5.91 Å². The van der Waals surface area contributed by atoms with Crippen LogP contribution in [0.5, 0.6) is 5.75 Å². The van der Waals surface area contributed by atoms with E-state index < -0.39 is 5.82 Å². The molecule has 0 saturated carbocycles. The Morgan fingerprint density at radius 1 is 1.03 bits per heavy atom. The van der Waals surface area contributed by atoms with Gasteiger partial charge >= 0.3 is 0 Å². The Morgan fingerprint density at radius 3 is 2.15 bits per heavy atom. The van der Waals surface area contributed by atoms with Crippen molar-refractivity contribution in [2.24, 2.45) is 0 Å². The van der Waals surface area contributed by atoms with Crippen LogP contribution in [0.1, 0.15) is 76.6 Å². The second-order valence-electron chi connectivity index (χ2n) is 9.92.